The molecule has 0 fully saturated rings. The van der Waals surface area contributed by atoms with E-state index in [4.69, 9.17) is 11.6 Å². The summed E-state index contributed by atoms with van der Waals surface area (Å²) >= 11 is 5.65. The summed E-state index contributed by atoms with van der Waals surface area (Å²) in [6, 6.07) is 4.79. The molecular weight excluding hydrogens is 294 g/mol. The smallest absolute Gasteiger partial charge is 0.194 e. The fraction of sp³-hybridized carbons (Fsp3) is 0.143. The van der Waals surface area contributed by atoms with Crippen molar-refractivity contribution < 1.29 is 17.6 Å². The molecule has 1 nitrogen and oxygen atoms in total. The van der Waals surface area contributed by atoms with Gasteiger partial charge in [-0.2, -0.15) is 0 Å². The molecular formula is C14H10ClF4N. The Kier molecular flexibility index (Phi) is 4.30. The van der Waals surface area contributed by atoms with Gasteiger partial charge >= 0.3 is 0 Å². The van der Waals surface area contributed by atoms with Crippen molar-refractivity contribution in [3.63, 3.8) is 0 Å². The molecule has 0 heterocycles. The molecule has 0 amide bonds. The van der Waals surface area contributed by atoms with E-state index in [2.05, 4.69) is 5.32 Å². The first-order valence-electron chi connectivity index (χ1n) is 5.70. The van der Waals surface area contributed by atoms with Crippen molar-refractivity contribution in [1.29, 1.82) is 0 Å². The minimum Gasteiger partial charge on any atom is -0.309 e. The van der Waals surface area contributed by atoms with Gasteiger partial charge in [-0.1, -0.05) is 17.7 Å². The standard InChI is InChI=1S/C14H10ClF4N/c1-20-14(9-3-2-8(15)6-10(9)16)7-4-11(17)13(19)12(18)5-7/h2-6,14,20H,1H3. The summed E-state index contributed by atoms with van der Waals surface area (Å²) in [6.07, 6.45) is 0. The number of hydrogen-bond acceptors (Lipinski definition) is 1. The summed E-state index contributed by atoms with van der Waals surface area (Å²) in [5.41, 5.74) is 0.229. The molecule has 106 valence electrons. The van der Waals surface area contributed by atoms with Crippen molar-refractivity contribution in [2.75, 3.05) is 7.05 Å². The second-order valence-corrected chi connectivity index (χ2v) is 4.62. The van der Waals surface area contributed by atoms with Crippen LogP contribution in [0.2, 0.25) is 5.02 Å². The molecule has 2 aromatic carbocycles. The molecule has 0 bridgehead atoms. The minimum atomic E-state index is -1.56. The maximum atomic E-state index is 13.9. The van der Waals surface area contributed by atoms with Gasteiger partial charge in [-0.3, -0.25) is 0 Å². The van der Waals surface area contributed by atoms with E-state index in [-0.39, 0.29) is 16.1 Å². The first-order valence-corrected chi connectivity index (χ1v) is 6.08. The van der Waals surface area contributed by atoms with Gasteiger partial charge in [0.05, 0.1) is 6.04 Å². The SMILES string of the molecule is CNC(c1cc(F)c(F)c(F)c1)c1ccc(Cl)cc1F. The Bertz CT molecular complexity index is 622. The van der Waals surface area contributed by atoms with Gasteiger partial charge < -0.3 is 5.32 Å². The highest BCUT2D eigenvalue weighted by molar-refractivity contribution is 6.30. The van der Waals surface area contributed by atoms with E-state index in [9.17, 15) is 17.6 Å². The number of hydrogen-bond donors (Lipinski definition) is 1. The number of halogens is 5. The molecule has 1 N–H and O–H groups in total. The predicted molar refractivity (Wildman–Crippen MR) is 68.6 cm³/mol. The zero-order valence-corrected chi connectivity index (χ0v) is 11.1. The molecule has 0 aromatic heterocycles. The molecule has 0 spiro atoms. The van der Waals surface area contributed by atoms with Crippen molar-refractivity contribution in [1.82, 2.24) is 5.32 Å². The molecule has 2 aromatic rings. The molecule has 2 rings (SSSR count). The summed E-state index contributed by atoms with van der Waals surface area (Å²) in [5.74, 6) is -4.83. The Morgan fingerprint density at radius 2 is 1.55 bits per heavy atom. The third-order valence-corrected chi connectivity index (χ3v) is 3.14. The lowest BCUT2D eigenvalue weighted by atomic mass is 9.98. The lowest BCUT2D eigenvalue weighted by Crippen LogP contribution is -2.19. The lowest BCUT2D eigenvalue weighted by molar-refractivity contribution is 0.442. The van der Waals surface area contributed by atoms with Crippen LogP contribution in [0.3, 0.4) is 0 Å². The van der Waals surface area contributed by atoms with Gasteiger partial charge in [-0.05, 0) is 36.9 Å². The quantitative estimate of drug-likeness (QED) is 0.662. The number of rotatable bonds is 3. The van der Waals surface area contributed by atoms with Gasteiger partial charge in [-0.25, -0.2) is 17.6 Å². The number of nitrogens with one attached hydrogen (secondary N) is 1. The topological polar surface area (TPSA) is 12.0 Å². The minimum absolute atomic E-state index is 0.0742. The van der Waals surface area contributed by atoms with Crippen LogP contribution in [0.1, 0.15) is 17.2 Å². The molecule has 0 saturated carbocycles. The zero-order valence-electron chi connectivity index (χ0n) is 10.4. The van der Waals surface area contributed by atoms with E-state index in [1.165, 1.54) is 19.2 Å². The van der Waals surface area contributed by atoms with Crippen molar-refractivity contribution in [3.05, 3.63) is 69.8 Å². The van der Waals surface area contributed by atoms with Crippen molar-refractivity contribution in [2.45, 2.75) is 6.04 Å². The van der Waals surface area contributed by atoms with E-state index >= 15 is 0 Å². The second-order valence-electron chi connectivity index (χ2n) is 4.19. The van der Waals surface area contributed by atoms with Gasteiger partial charge in [0.1, 0.15) is 5.82 Å². The van der Waals surface area contributed by atoms with Crippen molar-refractivity contribution >= 4 is 11.6 Å². The normalized spacial score (nSPS) is 12.5. The van der Waals surface area contributed by atoms with E-state index in [1.807, 2.05) is 0 Å². The summed E-state index contributed by atoms with van der Waals surface area (Å²) < 4.78 is 53.3. The average molecular weight is 304 g/mol. The molecule has 1 atom stereocenters. The highest BCUT2D eigenvalue weighted by Crippen LogP contribution is 2.28. The summed E-state index contributed by atoms with van der Waals surface area (Å²) in [6.45, 7) is 0. The summed E-state index contributed by atoms with van der Waals surface area (Å²) in [5, 5.41) is 2.94. The Morgan fingerprint density at radius 3 is 2.05 bits per heavy atom. The molecule has 1 unspecified atom stereocenters. The van der Waals surface area contributed by atoms with Crippen LogP contribution in [-0.4, -0.2) is 7.05 Å². The van der Waals surface area contributed by atoms with Crippen LogP contribution in [0, 0.1) is 23.3 Å². The van der Waals surface area contributed by atoms with Crippen molar-refractivity contribution in [3.8, 4) is 0 Å². The van der Waals surface area contributed by atoms with Gasteiger partial charge in [0.25, 0.3) is 0 Å². The predicted octanol–water partition coefficient (Wildman–Crippen LogP) is 4.21. The fourth-order valence-electron chi connectivity index (χ4n) is 1.98. The molecule has 0 aliphatic carbocycles. The molecule has 0 aliphatic rings. The highest BCUT2D eigenvalue weighted by atomic mass is 35.5. The van der Waals surface area contributed by atoms with Crippen LogP contribution in [-0.2, 0) is 0 Å². The molecule has 20 heavy (non-hydrogen) atoms. The van der Waals surface area contributed by atoms with Crippen LogP contribution in [0.25, 0.3) is 0 Å². The van der Waals surface area contributed by atoms with Crippen LogP contribution in [0.4, 0.5) is 17.6 Å². The maximum absolute atomic E-state index is 13.9. The first-order chi connectivity index (χ1) is 9.43. The lowest BCUT2D eigenvalue weighted by Gasteiger charge is -2.18. The maximum Gasteiger partial charge on any atom is 0.194 e. The van der Waals surface area contributed by atoms with E-state index < -0.39 is 29.3 Å². The largest absolute Gasteiger partial charge is 0.309 e. The Labute approximate surface area is 118 Å². The first kappa shape index (κ1) is 14.8. The van der Waals surface area contributed by atoms with Crippen LogP contribution >= 0.6 is 11.6 Å². The van der Waals surface area contributed by atoms with E-state index in [0.29, 0.717) is 0 Å². The monoisotopic (exact) mass is 303 g/mol. The molecule has 0 radical (unpaired) electrons. The second kappa shape index (κ2) is 5.81. The summed E-state index contributed by atoms with van der Waals surface area (Å²) in [7, 11) is 1.50. The third-order valence-electron chi connectivity index (χ3n) is 2.90. The van der Waals surface area contributed by atoms with E-state index in [1.54, 1.807) is 0 Å². The zero-order chi connectivity index (χ0) is 14.9. The molecule has 6 heteroatoms. The Balaban J connectivity index is 2.52. The van der Waals surface area contributed by atoms with Crippen LogP contribution < -0.4 is 5.32 Å². The molecule has 0 aliphatic heterocycles. The Hall–Kier alpha value is -1.59. The van der Waals surface area contributed by atoms with Gasteiger partial charge in [-0.15, -0.1) is 0 Å². The molecule has 0 saturated heterocycles. The Morgan fingerprint density at radius 1 is 0.950 bits per heavy atom. The number of benzene rings is 2. The summed E-state index contributed by atoms with van der Waals surface area (Å²) in [4.78, 5) is 0. The average Bonchev–Trinajstić information content (AvgIpc) is 2.39. The van der Waals surface area contributed by atoms with Crippen molar-refractivity contribution in [2.24, 2.45) is 0 Å². The third kappa shape index (κ3) is 2.78. The van der Waals surface area contributed by atoms with E-state index in [0.717, 1.165) is 18.2 Å². The van der Waals surface area contributed by atoms with Crippen LogP contribution in [0.15, 0.2) is 30.3 Å². The highest BCUT2D eigenvalue weighted by Gasteiger charge is 2.20. The fourth-order valence-corrected chi connectivity index (χ4v) is 2.14. The van der Waals surface area contributed by atoms with Gasteiger partial charge in [0, 0.05) is 10.6 Å². The van der Waals surface area contributed by atoms with Gasteiger partial charge in [0.2, 0.25) is 0 Å². The van der Waals surface area contributed by atoms with Gasteiger partial charge in [0.15, 0.2) is 17.5 Å². The van der Waals surface area contributed by atoms with Crippen LogP contribution in [0.5, 0.6) is 0 Å².